The largest absolute Gasteiger partial charge is 0.391 e. The smallest absolute Gasteiger partial charge is 0.0877 e. The van der Waals surface area contributed by atoms with E-state index in [-0.39, 0.29) is 0 Å². The Labute approximate surface area is 87.4 Å². The molecule has 3 rings (SSSR count). The van der Waals surface area contributed by atoms with Gasteiger partial charge in [-0.25, -0.2) is 0 Å². The van der Waals surface area contributed by atoms with E-state index in [0.29, 0.717) is 0 Å². The van der Waals surface area contributed by atoms with Crippen LogP contribution in [0.2, 0.25) is 0 Å². The zero-order chi connectivity index (χ0) is 9.00. The zero-order valence-electron chi connectivity index (χ0n) is 6.96. The minimum absolute atomic E-state index is 0.925. The number of aryl methyl sites for hydroxylation is 1. The molecule has 0 saturated carbocycles. The van der Waals surface area contributed by atoms with Crippen LogP contribution in [0.5, 0.6) is 0 Å². The molecule has 0 spiro atoms. The number of thiophene rings is 3. The molecular weight excluding hydrogens is 218 g/mol. The molecule has 0 atom stereocenters. The van der Waals surface area contributed by atoms with E-state index in [1.807, 2.05) is 22.7 Å². The van der Waals surface area contributed by atoms with Crippen LogP contribution in [0.1, 0.15) is 4.88 Å². The molecule has 1 nitrogen and oxygen atoms in total. The highest BCUT2D eigenvalue weighted by Crippen LogP contribution is 2.44. The van der Waals surface area contributed by atoms with Gasteiger partial charge in [0.05, 0.1) is 14.4 Å². The molecule has 2 N–H and O–H groups in total. The van der Waals surface area contributed by atoms with Crippen LogP contribution in [-0.2, 0) is 0 Å². The van der Waals surface area contributed by atoms with Crippen molar-refractivity contribution >= 4 is 57.8 Å². The number of nitrogens with two attached hydrogens (primary N) is 1. The molecular formula is C9H7NS3. The van der Waals surface area contributed by atoms with Gasteiger partial charge in [-0.15, -0.1) is 34.0 Å². The van der Waals surface area contributed by atoms with Gasteiger partial charge in [0.1, 0.15) is 0 Å². The lowest BCUT2D eigenvalue weighted by Gasteiger charge is -1.76. The lowest BCUT2D eigenvalue weighted by Crippen LogP contribution is -1.72. The van der Waals surface area contributed by atoms with Crippen molar-refractivity contribution in [2.24, 2.45) is 0 Å². The van der Waals surface area contributed by atoms with Gasteiger partial charge in [0.15, 0.2) is 0 Å². The Morgan fingerprint density at radius 1 is 1.00 bits per heavy atom. The summed E-state index contributed by atoms with van der Waals surface area (Å²) < 4.78 is 5.53. The summed E-state index contributed by atoms with van der Waals surface area (Å²) >= 11 is 5.41. The van der Waals surface area contributed by atoms with E-state index in [0.717, 1.165) is 5.00 Å². The van der Waals surface area contributed by atoms with Crippen molar-refractivity contribution in [3.63, 3.8) is 0 Å². The average molecular weight is 225 g/mol. The number of hydrogen-bond acceptors (Lipinski definition) is 4. The Morgan fingerprint density at radius 3 is 2.54 bits per heavy atom. The maximum absolute atomic E-state index is 5.76. The van der Waals surface area contributed by atoms with Gasteiger partial charge in [0, 0.05) is 14.3 Å². The standard InChI is InChI=1S/C9H7NS3/c1-4-2-5-8(11-4)9-6(12-5)3-7(10)13-9/h2-3H,10H2,1H3. The third-order valence-electron chi connectivity index (χ3n) is 1.96. The molecule has 4 heteroatoms. The molecule has 3 heterocycles. The summed E-state index contributed by atoms with van der Waals surface area (Å²) in [5, 5.41) is 0.925. The Kier molecular flexibility index (Phi) is 1.48. The molecule has 3 aromatic heterocycles. The van der Waals surface area contributed by atoms with Gasteiger partial charge in [-0.3, -0.25) is 0 Å². The Morgan fingerprint density at radius 2 is 1.69 bits per heavy atom. The number of nitrogen functional groups attached to an aromatic ring is 1. The van der Waals surface area contributed by atoms with Crippen LogP contribution in [-0.4, -0.2) is 0 Å². The maximum Gasteiger partial charge on any atom is 0.0877 e. The molecule has 0 aromatic carbocycles. The van der Waals surface area contributed by atoms with Gasteiger partial charge in [-0.05, 0) is 19.1 Å². The van der Waals surface area contributed by atoms with Crippen molar-refractivity contribution in [3.8, 4) is 0 Å². The highest BCUT2D eigenvalue weighted by atomic mass is 32.1. The lowest BCUT2D eigenvalue weighted by atomic mass is 10.4. The molecule has 0 aliphatic carbocycles. The van der Waals surface area contributed by atoms with Crippen LogP contribution < -0.4 is 5.73 Å². The van der Waals surface area contributed by atoms with Gasteiger partial charge in [0.2, 0.25) is 0 Å². The quantitative estimate of drug-likeness (QED) is 0.613. The summed E-state index contributed by atoms with van der Waals surface area (Å²) in [6, 6.07) is 4.33. The first-order valence-electron chi connectivity index (χ1n) is 3.92. The molecule has 0 amide bonds. The molecule has 0 bridgehead atoms. The van der Waals surface area contributed by atoms with Crippen LogP contribution in [0.15, 0.2) is 12.1 Å². The van der Waals surface area contributed by atoms with Crippen molar-refractivity contribution in [1.82, 2.24) is 0 Å². The van der Waals surface area contributed by atoms with Crippen LogP contribution in [0.4, 0.5) is 5.00 Å². The Balaban J connectivity index is 2.56. The minimum Gasteiger partial charge on any atom is -0.391 e. The predicted octanol–water partition coefficient (Wildman–Crippen LogP) is 4.07. The molecule has 3 aromatic rings. The first-order valence-corrected chi connectivity index (χ1v) is 6.37. The van der Waals surface area contributed by atoms with Crippen molar-refractivity contribution in [2.75, 3.05) is 5.73 Å². The van der Waals surface area contributed by atoms with Crippen molar-refractivity contribution in [2.45, 2.75) is 6.92 Å². The molecule has 0 fully saturated rings. The van der Waals surface area contributed by atoms with E-state index in [1.165, 1.54) is 23.7 Å². The number of hydrogen-bond donors (Lipinski definition) is 1. The molecule has 0 unspecified atom stereocenters. The number of fused-ring (bicyclic) bond motifs is 3. The fourth-order valence-electron chi connectivity index (χ4n) is 1.47. The summed E-state index contributed by atoms with van der Waals surface area (Å²) in [6.07, 6.45) is 0. The van der Waals surface area contributed by atoms with E-state index in [2.05, 4.69) is 19.1 Å². The van der Waals surface area contributed by atoms with E-state index < -0.39 is 0 Å². The molecule has 0 aliphatic rings. The molecule has 0 aliphatic heterocycles. The second-order valence-corrected chi connectivity index (χ2v) is 6.42. The minimum atomic E-state index is 0.925. The van der Waals surface area contributed by atoms with Crippen LogP contribution >= 0.6 is 34.0 Å². The molecule has 0 radical (unpaired) electrons. The summed E-state index contributed by atoms with van der Waals surface area (Å²) in [6.45, 7) is 2.15. The highest BCUT2D eigenvalue weighted by Gasteiger charge is 2.10. The first kappa shape index (κ1) is 7.79. The highest BCUT2D eigenvalue weighted by molar-refractivity contribution is 7.39. The fourth-order valence-corrected chi connectivity index (χ4v) is 5.18. The third-order valence-corrected chi connectivity index (χ3v) is 5.49. The summed E-state index contributed by atoms with van der Waals surface area (Å²) in [5.74, 6) is 0. The second kappa shape index (κ2) is 2.47. The second-order valence-electron chi connectivity index (χ2n) is 2.99. The predicted molar refractivity (Wildman–Crippen MR) is 64.2 cm³/mol. The number of rotatable bonds is 0. The SMILES string of the molecule is Cc1cc2sc3cc(N)sc3c2s1. The first-order chi connectivity index (χ1) is 6.24. The zero-order valence-corrected chi connectivity index (χ0v) is 9.41. The van der Waals surface area contributed by atoms with Crippen LogP contribution in [0.25, 0.3) is 18.8 Å². The number of anilines is 1. The van der Waals surface area contributed by atoms with Crippen molar-refractivity contribution < 1.29 is 0 Å². The van der Waals surface area contributed by atoms with Crippen LogP contribution in [0.3, 0.4) is 0 Å². The van der Waals surface area contributed by atoms with Crippen molar-refractivity contribution in [1.29, 1.82) is 0 Å². The normalized spacial score (nSPS) is 11.8. The van der Waals surface area contributed by atoms with Gasteiger partial charge < -0.3 is 5.73 Å². The summed E-state index contributed by atoms with van der Waals surface area (Å²) in [5.41, 5.74) is 5.76. The third kappa shape index (κ3) is 1.03. The van der Waals surface area contributed by atoms with E-state index in [1.54, 1.807) is 11.3 Å². The molecule has 66 valence electrons. The van der Waals surface area contributed by atoms with Crippen molar-refractivity contribution in [3.05, 3.63) is 17.0 Å². The maximum atomic E-state index is 5.76. The van der Waals surface area contributed by atoms with Gasteiger partial charge in [0.25, 0.3) is 0 Å². The Hall–Kier alpha value is -0.580. The monoisotopic (exact) mass is 225 g/mol. The van der Waals surface area contributed by atoms with E-state index in [4.69, 9.17) is 5.73 Å². The summed E-state index contributed by atoms with van der Waals surface area (Å²) in [4.78, 5) is 1.38. The topological polar surface area (TPSA) is 26.0 Å². The van der Waals surface area contributed by atoms with Gasteiger partial charge in [-0.2, -0.15) is 0 Å². The van der Waals surface area contributed by atoms with E-state index in [9.17, 15) is 0 Å². The Bertz CT molecular complexity index is 533. The van der Waals surface area contributed by atoms with Crippen LogP contribution in [0, 0.1) is 6.92 Å². The average Bonchev–Trinajstić information content (AvgIpc) is 2.60. The lowest BCUT2D eigenvalue weighted by molar-refractivity contribution is 1.66. The molecule has 13 heavy (non-hydrogen) atoms. The van der Waals surface area contributed by atoms with Gasteiger partial charge in [-0.1, -0.05) is 0 Å². The van der Waals surface area contributed by atoms with Gasteiger partial charge >= 0.3 is 0 Å². The molecule has 0 saturated heterocycles. The van der Waals surface area contributed by atoms with E-state index >= 15 is 0 Å². The fraction of sp³-hybridized carbons (Fsp3) is 0.111. The summed E-state index contributed by atoms with van der Waals surface area (Å²) in [7, 11) is 0.